The highest BCUT2D eigenvalue weighted by Crippen LogP contribution is 2.42. The first-order valence-corrected chi connectivity index (χ1v) is 27.7. The van der Waals surface area contributed by atoms with Gasteiger partial charge in [0.05, 0.1) is 64.9 Å². The molecular weight excluding hydrogens is 1040 g/mol. The van der Waals surface area contributed by atoms with Crippen LogP contribution in [-0.2, 0) is 85.3 Å². The normalized spacial score (nSPS) is 22.5. The minimum Gasteiger partial charge on any atom is -0.469 e. The first kappa shape index (κ1) is 57.4. The lowest BCUT2D eigenvalue weighted by Gasteiger charge is -2.50. The van der Waals surface area contributed by atoms with Gasteiger partial charge in [0.2, 0.25) is 18.1 Å². The molecule has 15 heteroatoms. The van der Waals surface area contributed by atoms with Crippen LogP contribution in [0.2, 0.25) is 0 Å². The topological polar surface area (TPSA) is 165 Å². The van der Waals surface area contributed by atoms with Crippen molar-refractivity contribution in [1.29, 1.82) is 0 Å². The van der Waals surface area contributed by atoms with Crippen molar-refractivity contribution in [1.82, 2.24) is 10.2 Å². The van der Waals surface area contributed by atoms with Gasteiger partial charge in [-0.15, -0.1) is 10.2 Å². The predicted octanol–water partition coefficient (Wildman–Crippen LogP) is 11.6. The summed E-state index contributed by atoms with van der Waals surface area (Å²) in [5.74, 6) is -0.190. The van der Waals surface area contributed by atoms with Gasteiger partial charge in [-0.05, 0) is 69.6 Å². The molecule has 0 aliphatic carbocycles. The Morgan fingerprint density at radius 2 is 0.890 bits per heavy atom. The Balaban J connectivity index is 1.05. The second-order valence-corrected chi connectivity index (χ2v) is 20.4. The molecule has 2 saturated heterocycles. The Morgan fingerprint density at radius 3 is 1.34 bits per heavy atom. The molecule has 424 valence electrons. The molecule has 0 bridgehead atoms. The molecule has 1 aromatic heterocycles. The zero-order valence-electron chi connectivity index (χ0n) is 46.2. The molecule has 2 aliphatic rings. The molecule has 0 radical (unpaired) electrons. The number of carbonyl (C=O) groups is 2. The van der Waals surface area contributed by atoms with E-state index < -0.39 is 73.0 Å². The number of nitrogens with zero attached hydrogens (tertiary/aromatic N) is 2. The summed E-state index contributed by atoms with van der Waals surface area (Å²) in [7, 11) is 1.36. The van der Waals surface area contributed by atoms with Gasteiger partial charge in [-0.3, -0.25) is 9.59 Å². The lowest BCUT2D eigenvalue weighted by molar-refractivity contribution is -0.302. The molecule has 7 aromatic carbocycles. The first-order chi connectivity index (χ1) is 40.2. The summed E-state index contributed by atoms with van der Waals surface area (Å²) < 4.78 is 73.5. The Labute approximate surface area is 478 Å². The van der Waals surface area contributed by atoms with Crippen LogP contribution in [-0.4, -0.2) is 91.0 Å². The molecule has 0 spiro atoms. The largest absolute Gasteiger partial charge is 0.469 e. The lowest BCUT2D eigenvalue weighted by atomic mass is 9.80. The molecule has 0 amide bonds. The minimum atomic E-state index is -1.10. The van der Waals surface area contributed by atoms with E-state index in [1.54, 1.807) is 6.92 Å². The van der Waals surface area contributed by atoms with Crippen molar-refractivity contribution < 1.29 is 61.4 Å². The number of aryl methyl sites for hydroxylation is 1. The summed E-state index contributed by atoms with van der Waals surface area (Å²) in [5, 5.41) is 8.14. The Kier molecular flexibility index (Phi) is 20.1. The molecule has 3 heterocycles. The third-order valence-electron chi connectivity index (χ3n) is 14.6. The van der Waals surface area contributed by atoms with Crippen LogP contribution in [0.4, 0.5) is 0 Å². The van der Waals surface area contributed by atoms with E-state index in [-0.39, 0.29) is 52.5 Å². The van der Waals surface area contributed by atoms with E-state index in [0.29, 0.717) is 17.5 Å². The fourth-order valence-electron chi connectivity index (χ4n) is 10.5. The van der Waals surface area contributed by atoms with Crippen LogP contribution >= 0.6 is 0 Å². The summed E-state index contributed by atoms with van der Waals surface area (Å²) in [6, 6.07) is 64.9. The van der Waals surface area contributed by atoms with Crippen molar-refractivity contribution in [2.75, 3.05) is 13.7 Å². The standard InChI is InChI=1S/C67H68N2O13/c1-45-68-69-66(79-45)54-31-29-52(30-32-54)53-33-35-55(36-34-53)80-67-62(75-40-48-21-11-5-12-22-48)56(61(59(82-67)44-73-46(2)70)74-39-47-19-9-4-10-20-47)37-57-63(76-41-49-23-13-6-14-24-49)65(78-43-51-27-17-8-18-28-51)64(58(81-57)38-60(71)72-3)77-42-50-25-15-7-16-26-50/h4-36,56-59,61-65,67H,37-44H2,1-3H3/t56-,57+,58+,59+,61-,62-,63+,64+,65+,67-/m0/s1. The number of hydrogen-bond acceptors (Lipinski definition) is 15. The lowest BCUT2D eigenvalue weighted by Crippen LogP contribution is -2.64. The van der Waals surface area contributed by atoms with Gasteiger partial charge in [0.15, 0.2) is 0 Å². The van der Waals surface area contributed by atoms with E-state index in [9.17, 15) is 9.59 Å². The molecule has 0 saturated carbocycles. The van der Waals surface area contributed by atoms with Gasteiger partial charge in [0.25, 0.3) is 0 Å². The maximum Gasteiger partial charge on any atom is 0.308 e. The molecule has 10 atom stereocenters. The average molecular weight is 1110 g/mol. The van der Waals surface area contributed by atoms with Crippen molar-refractivity contribution >= 4 is 11.9 Å². The van der Waals surface area contributed by atoms with E-state index in [0.717, 1.165) is 44.5 Å². The van der Waals surface area contributed by atoms with E-state index in [2.05, 4.69) is 10.2 Å². The molecule has 2 fully saturated rings. The van der Waals surface area contributed by atoms with Gasteiger partial charge < -0.3 is 51.8 Å². The van der Waals surface area contributed by atoms with Crippen LogP contribution in [0.5, 0.6) is 5.75 Å². The second-order valence-electron chi connectivity index (χ2n) is 20.4. The van der Waals surface area contributed by atoms with Crippen molar-refractivity contribution in [3.8, 4) is 28.3 Å². The van der Waals surface area contributed by atoms with E-state index in [4.69, 9.17) is 51.8 Å². The number of hydrogen-bond donors (Lipinski definition) is 0. The van der Waals surface area contributed by atoms with Crippen LogP contribution in [0.15, 0.2) is 205 Å². The van der Waals surface area contributed by atoms with Gasteiger partial charge in [-0.25, -0.2) is 0 Å². The summed E-state index contributed by atoms with van der Waals surface area (Å²) in [4.78, 5) is 26.4. The summed E-state index contributed by atoms with van der Waals surface area (Å²) in [6.45, 7) is 3.89. The molecule has 0 N–H and O–H groups in total. The second kappa shape index (κ2) is 28.7. The van der Waals surface area contributed by atoms with Crippen molar-refractivity contribution in [3.05, 3.63) is 234 Å². The highest BCUT2D eigenvalue weighted by molar-refractivity contribution is 5.70. The number of aromatic nitrogens is 2. The van der Waals surface area contributed by atoms with Gasteiger partial charge in [0, 0.05) is 25.3 Å². The zero-order valence-corrected chi connectivity index (χ0v) is 46.2. The van der Waals surface area contributed by atoms with Gasteiger partial charge in [-0.1, -0.05) is 176 Å². The van der Waals surface area contributed by atoms with Crippen LogP contribution in [0.1, 0.15) is 53.5 Å². The smallest absolute Gasteiger partial charge is 0.308 e. The quantitative estimate of drug-likeness (QED) is 0.0496. The van der Waals surface area contributed by atoms with Crippen molar-refractivity contribution in [2.24, 2.45) is 5.92 Å². The Bertz CT molecular complexity index is 3190. The first-order valence-electron chi connectivity index (χ1n) is 27.7. The summed E-state index contributed by atoms with van der Waals surface area (Å²) in [5.41, 5.74) is 7.32. The van der Waals surface area contributed by atoms with Crippen LogP contribution in [0.3, 0.4) is 0 Å². The Morgan fingerprint density at radius 1 is 0.463 bits per heavy atom. The van der Waals surface area contributed by atoms with Gasteiger partial charge >= 0.3 is 11.9 Å². The minimum absolute atomic E-state index is 0.155. The average Bonchev–Trinajstić information content (AvgIpc) is 4.00. The van der Waals surface area contributed by atoms with Crippen molar-refractivity contribution in [3.63, 3.8) is 0 Å². The number of esters is 2. The highest BCUT2D eigenvalue weighted by Gasteiger charge is 2.54. The maximum absolute atomic E-state index is 13.6. The van der Waals surface area contributed by atoms with Crippen LogP contribution in [0.25, 0.3) is 22.6 Å². The van der Waals surface area contributed by atoms with Crippen LogP contribution < -0.4 is 4.74 Å². The zero-order chi connectivity index (χ0) is 56.5. The Hall–Kier alpha value is -7.86. The number of methoxy groups -OCH3 is 1. The van der Waals surface area contributed by atoms with Gasteiger partial charge in [-0.2, -0.15) is 0 Å². The third-order valence-corrected chi connectivity index (χ3v) is 14.6. The molecule has 0 unspecified atom stereocenters. The highest BCUT2D eigenvalue weighted by atomic mass is 16.7. The number of rotatable bonds is 25. The SMILES string of the molecule is COC(=O)C[C@H]1O[C@H](C[C@@H]2[C@H](OCc3ccccc3)[C@@H](Oc3ccc(-c4ccc(-c5nnc(C)o5)cc4)cc3)O[C@H](COC(C)=O)[C@H]2OCc2ccccc2)[C@@H](OCc2ccccc2)[C@@H](OCc2ccccc2)[C@@H]1OCc1ccccc1. The maximum atomic E-state index is 13.6. The molecular formula is C67H68N2O13. The molecule has 2 aliphatic heterocycles. The molecule has 15 nitrogen and oxygen atoms in total. The van der Waals surface area contributed by atoms with E-state index >= 15 is 0 Å². The molecule has 82 heavy (non-hydrogen) atoms. The summed E-state index contributed by atoms with van der Waals surface area (Å²) >= 11 is 0. The molecule has 10 rings (SSSR count). The van der Waals surface area contributed by atoms with Gasteiger partial charge in [0.1, 0.15) is 42.9 Å². The fourth-order valence-corrected chi connectivity index (χ4v) is 10.5. The fraction of sp³-hybridized carbons (Fsp3) is 0.313. The number of ether oxygens (including phenoxy) is 10. The third kappa shape index (κ3) is 15.6. The summed E-state index contributed by atoms with van der Waals surface area (Å²) in [6.07, 6.45) is -7.80. The number of carbonyl (C=O) groups excluding carboxylic acids is 2. The van der Waals surface area contributed by atoms with Crippen LogP contribution in [0, 0.1) is 12.8 Å². The predicted molar refractivity (Wildman–Crippen MR) is 304 cm³/mol. The van der Waals surface area contributed by atoms with Crippen molar-refractivity contribution in [2.45, 2.75) is 115 Å². The van der Waals surface area contributed by atoms with E-state index in [1.165, 1.54) is 14.0 Å². The van der Waals surface area contributed by atoms with E-state index in [1.807, 2.05) is 200 Å². The monoisotopic (exact) mass is 1110 g/mol. The molecule has 8 aromatic rings. The number of benzene rings is 7.